The molecule has 1 aromatic rings. The molecule has 0 atom stereocenters. The van der Waals surface area contributed by atoms with Crippen molar-refractivity contribution < 1.29 is 22.2 Å². The molecule has 1 aromatic carbocycles. The summed E-state index contributed by atoms with van der Waals surface area (Å²) in [7, 11) is -4.63. The second-order valence-electron chi connectivity index (χ2n) is 3.68. The van der Waals surface area contributed by atoms with Crippen molar-refractivity contribution in [2.45, 2.75) is 30.6 Å². The van der Waals surface area contributed by atoms with Gasteiger partial charge in [-0.2, -0.15) is 8.42 Å². The molecule has 0 saturated heterocycles. The van der Waals surface area contributed by atoms with E-state index in [1.54, 1.807) is 0 Å². The lowest BCUT2D eigenvalue weighted by atomic mass is 10.1. The number of unbranched alkanes of at least 4 members (excludes halogenated alkanes) is 1. The zero-order valence-corrected chi connectivity index (χ0v) is 9.91. The van der Waals surface area contributed by atoms with Gasteiger partial charge in [0.05, 0.1) is 4.90 Å². The lowest BCUT2D eigenvalue weighted by Gasteiger charge is -2.01. The fourth-order valence-electron chi connectivity index (χ4n) is 1.42. The standard InChI is InChI=1S/C11H13FO4S/c12-17(15,16)10-7-5-9(6-8-10)3-1-2-4-11(13)14/h5-8H,1-4H2,(H,13,14). The normalized spacial score (nSPS) is 11.4. The van der Waals surface area contributed by atoms with Crippen LogP contribution >= 0.6 is 0 Å². The van der Waals surface area contributed by atoms with E-state index < -0.39 is 16.2 Å². The Morgan fingerprint density at radius 2 is 1.76 bits per heavy atom. The van der Waals surface area contributed by atoms with Gasteiger partial charge in [-0.25, -0.2) is 0 Å². The number of rotatable bonds is 6. The lowest BCUT2D eigenvalue weighted by molar-refractivity contribution is -0.137. The van der Waals surface area contributed by atoms with Crippen LogP contribution < -0.4 is 0 Å². The van der Waals surface area contributed by atoms with Gasteiger partial charge in [-0.1, -0.05) is 12.1 Å². The van der Waals surface area contributed by atoms with Crippen LogP contribution in [0.5, 0.6) is 0 Å². The van der Waals surface area contributed by atoms with E-state index in [1.165, 1.54) is 24.3 Å². The number of aryl methyl sites for hydroxylation is 1. The topological polar surface area (TPSA) is 71.4 Å². The van der Waals surface area contributed by atoms with E-state index in [-0.39, 0.29) is 11.3 Å². The number of aliphatic carboxylic acids is 1. The first-order chi connectivity index (χ1) is 7.89. The van der Waals surface area contributed by atoms with E-state index in [9.17, 15) is 17.1 Å². The minimum atomic E-state index is -4.63. The third-order valence-corrected chi connectivity index (χ3v) is 3.15. The number of hydrogen-bond donors (Lipinski definition) is 1. The van der Waals surface area contributed by atoms with Crippen molar-refractivity contribution in [2.24, 2.45) is 0 Å². The van der Waals surface area contributed by atoms with Crippen molar-refractivity contribution in [3.8, 4) is 0 Å². The van der Waals surface area contributed by atoms with Gasteiger partial charge in [-0.15, -0.1) is 3.89 Å². The molecular formula is C11H13FO4S. The summed E-state index contributed by atoms with van der Waals surface area (Å²) in [5.41, 5.74) is 0.864. The Bertz CT molecular complexity index is 479. The molecule has 0 aromatic heterocycles. The van der Waals surface area contributed by atoms with Gasteiger partial charge in [-0.3, -0.25) is 4.79 Å². The largest absolute Gasteiger partial charge is 0.481 e. The molecule has 0 unspecified atom stereocenters. The van der Waals surface area contributed by atoms with Gasteiger partial charge < -0.3 is 5.11 Å². The predicted molar refractivity (Wildman–Crippen MR) is 59.9 cm³/mol. The van der Waals surface area contributed by atoms with Crippen molar-refractivity contribution in [3.63, 3.8) is 0 Å². The van der Waals surface area contributed by atoms with Crippen LogP contribution in [-0.4, -0.2) is 19.5 Å². The molecule has 0 aliphatic carbocycles. The summed E-state index contributed by atoms with van der Waals surface area (Å²) in [5, 5.41) is 8.43. The maximum Gasteiger partial charge on any atom is 0.332 e. The Morgan fingerprint density at radius 1 is 1.18 bits per heavy atom. The SMILES string of the molecule is O=C(O)CCCCc1ccc(S(=O)(=O)F)cc1. The van der Waals surface area contributed by atoms with Gasteiger partial charge >= 0.3 is 16.2 Å². The third-order valence-electron chi connectivity index (χ3n) is 2.31. The molecule has 4 nitrogen and oxygen atoms in total. The number of hydrogen-bond acceptors (Lipinski definition) is 3. The quantitative estimate of drug-likeness (QED) is 0.628. The molecule has 6 heteroatoms. The summed E-state index contributed by atoms with van der Waals surface area (Å²) in [5.74, 6) is -0.830. The van der Waals surface area contributed by atoms with Crippen LogP contribution in [-0.2, 0) is 21.4 Å². The van der Waals surface area contributed by atoms with Gasteiger partial charge in [-0.05, 0) is 37.0 Å². The monoisotopic (exact) mass is 260 g/mol. The average molecular weight is 260 g/mol. The van der Waals surface area contributed by atoms with Gasteiger partial charge in [0.1, 0.15) is 0 Å². The molecular weight excluding hydrogens is 247 g/mol. The fraction of sp³-hybridized carbons (Fsp3) is 0.364. The maximum absolute atomic E-state index is 12.6. The molecule has 0 aliphatic rings. The molecule has 0 aliphatic heterocycles. The molecule has 0 amide bonds. The molecule has 0 saturated carbocycles. The van der Waals surface area contributed by atoms with Crippen molar-refractivity contribution in [1.82, 2.24) is 0 Å². The number of halogens is 1. The summed E-state index contributed by atoms with van der Waals surface area (Å²) in [6.45, 7) is 0. The highest BCUT2D eigenvalue weighted by Crippen LogP contribution is 2.14. The molecule has 0 radical (unpaired) electrons. The van der Waals surface area contributed by atoms with E-state index in [0.717, 1.165) is 5.56 Å². The summed E-state index contributed by atoms with van der Waals surface area (Å²) in [6.07, 6.45) is 2.04. The Balaban J connectivity index is 2.49. The highest BCUT2D eigenvalue weighted by atomic mass is 32.3. The van der Waals surface area contributed by atoms with Crippen molar-refractivity contribution in [1.29, 1.82) is 0 Å². The number of benzene rings is 1. The molecule has 1 rings (SSSR count). The fourth-order valence-corrected chi connectivity index (χ4v) is 1.89. The molecule has 94 valence electrons. The Labute approximate surface area is 99.3 Å². The zero-order chi connectivity index (χ0) is 12.9. The molecule has 0 heterocycles. The van der Waals surface area contributed by atoms with E-state index in [1.807, 2.05) is 0 Å². The predicted octanol–water partition coefficient (Wildman–Crippen LogP) is 2.14. The van der Waals surface area contributed by atoms with Crippen LogP contribution in [0.25, 0.3) is 0 Å². The van der Waals surface area contributed by atoms with Crippen molar-refractivity contribution in [3.05, 3.63) is 29.8 Å². The van der Waals surface area contributed by atoms with E-state index in [4.69, 9.17) is 5.11 Å². The van der Waals surface area contributed by atoms with Gasteiger partial charge in [0, 0.05) is 6.42 Å². The minimum Gasteiger partial charge on any atom is -0.481 e. The maximum atomic E-state index is 12.6. The summed E-state index contributed by atoms with van der Waals surface area (Å²) in [6, 6.07) is 5.49. The first kappa shape index (κ1) is 13.6. The second kappa shape index (κ2) is 5.77. The lowest BCUT2D eigenvalue weighted by Crippen LogP contribution is -1.95. The highest BCUT2D eigenvalue weighted by molar-refractivity contribution is 7.86. The first-order valence-corrected chi connectivity index (χ1v) is 6.53. The Hall–Kier alpha value is -1.43. The molecule has 17 heavy (non-hydrogen) atoms. The number of carboxylic acids is 1. The summed E-state index contributed by atoms with van der Waals surface area (Å²) >= 11 is 0. The third kappa shape index (κ3) is 4.95. The molecule has 1 N–H and O–H groups in total. The highest BCUT2D eigenvalue weighted by Gasteiger charge is 2.10. The molecule has 0 spiro atoms. The van der Waals surface area contributed by atoms with Gasteiger partial charge in [0.25, 0.3) is 0 Å². The Morgan fingerprint density at radius 3 is 2.24 bits per heavy atom. The minimum absolute atomic E-state index is 0.122. The molecule has 0 fully saturated rings. The average Bonchev–Trinajstić information content (AvgIpc) is 2.23. The van der Waals surface area contributed by atoms with Gasteiger partial charge in [0.2, 0.25) is 0 Å². The van der Waals surface area contributed by atoms with E-state index in [2.05, 4.69) is 0 Å². The van der Waals surface area contributed by atoms with Crippen LogP contribution in [0.4, 0.5) is 3.89 Å². The number of carbonyl (C=O) groups is 1. The Kier molecular flexibility index (Phi) is 4.62. The summed E-state index contributed by atoms with van der Waals surface area (Å²) in [4.78, 5) is 9.90. The van der Waals surface area contributed by atoms with E-state index in [0.29, 0.717) is 19.3 Å². The zero-order valence-electron chi connectivity index (χ0n) is 9.10. The van der Waals surface area contributed by atoms with Crippen LogP contribution in [0, 0.1) is 0 Å². The second-order valence-corrected chi connectivity index (χ2v) is 5.03. The first-order valence-electron chi connectivity index (χ1n) is 5.15. The summed E-state index contributed by atoms with van der Waals surface area (Å²) < 4.78 is 33.7. The van der Waals surface area contributed by atoms with Crippen LogP contribution in [0.2, 0.25) is 0 Å². The van der Waals surface area contributed by atoms with Crippen molar-refractivity contribution in [2.75, 3.05) is 0 Å². The molecule has 0 bridgehead atoms. The van der Waals surface area contributed by atoms with E-state index >= 15 is 0 Å². The van der Waals surface area contributed by atoms with Crippen LogP contribution in [0.15, 0.2) is 29.2 Å². The van der Waals surface area contributed by atoms with Gasteiger partial charge in [0.15, 0.2) is 0 Å². The van der Waals surface area contributed by atoms with Crippen LogP contribution in [0.1, 0.15) is 24.8 Å². The van der Waals surface area contributed by atoms with Crippen LogP contribution in [0.3, 0.4) is 0 Å². The smallest absolute Gasteiger partial charge is 0.332 e. The number of carboxylic acid groups (broad SMARTS) is 1. The van der Waals surface area contributed by atoms with Crippen molar-refractivity contribution >= 4 is 16.2 Å².